The fourth-order valence-corrected chi connectivity index (χ4v) is 3.30. The molecule has 1 aliphatic heterocycles. The van der Waals surface area contributed by atoms with Crippen molar-refractivity contribution < 1.29 is 23.4 Å². The van der Waals surface area contributed by atoms with E-state index in [1.54, 1.807) is 36.4 Å². The number of carbonyl (C=O) groups excluding carboxylic acids is 1. The Morgan fingerprint density at radius 1 is 1.07 bits per heavy atom. The molecule has 1 fully saturated rings. The lowest BCUT2D eigenvalue weighted by Crippen LogP contribution is -2.10. The maximum absolute atomic E-state index is 12.6. The molecule has 1 aromatic heterocycles. The number of fused-ring (bicyclic) bond motifs is 2. The molecule has 0 N–H and O–H groups in total. The van der Waals surface area contributed by atoms with Gasteiger partial charge in [-0.2, -0.15) is 0 Å². The van der Waals surface area contributed by atoms with E-state index < -0.39 is 5.63 Å². The van der Waals surface area contributed by atoms with E-state index in [4.69, 9.17) is 18.6 Å². The lowest BCUT2D eigenvalue weighted by molar-refractivity contribution is -0.135. The molecular formula is C21H16O6. The highest BCUT2D eigenvalue weighted by Crippen LogP contribution is 2.37. The van der Waals surface area contributed by atoms with E-state index in [1.807, 2.05) is 6.92 Å². The topological polar surface area (TPSA) is 75.0 Å². The highest BCUT2D eigenvalue weighted by molar-refractivity contribution is 5.88. The highest BCUT2D eigenvalue weighted by Gasteiger charge is 2.31. The van der Waals surface area contributed by atoms with Gasteiger partial charge in [-0.25, -0.2) is 4.79 Å². The van der Waals surface area contributed by atoms with Gasteiger partial charge in [0.15, 0.2) is 11.5 Å². The van der Waals surface area contributed by atoms with Gasteiger partial charge in [-0.05, 0) is 61.2 Å². The number of rotatable bonds is 3. The third-order valence-corrected chi connectivity index (χ3v) is 4.93. The molecule has 6 nitrogen and oxygen atoms in total. The van der Waals surface area contributed by atoms with E-state index in [-0.39, 0.29) is 18.7 Å². The Hall–Kier alpha value is -3.28. The second-order valence-corrected chi connectivity index (χ2v) is 6.81. The van der Waals surface area contributed by atoms with E-state index in [1.165, 1.54) is 0 Å². The van der Waals surface area contributed by atoms with Crippen LogP contribution in [0, 0.1) is 12.8 Å². The average molecular weight is 364 g/mol. The molecule has 1 saturated carbocycles. The Morgan fingerprint density at radius 3 is 2.70 bits per heavy atom. The lowest BCUT2D eigenvalue weighted by atomic mass is 9.99. The lowest BCUT2D eigenvalue weighted by Gasteiger charge is -2.10. The normalized spacial score (nSPS) is 15.1. The molecule has 0 spiro atoms. The number of hydrogen-bond acceptors (Lipinski definition) is 6. The van der Waals surface area contributed by atoms with Crippen LogP contribution in [0.15, 0.2) is 45.6 Å². The predicted molar refractivity (Wildman–Crippen MR) is 97.1 cm³/mol. The van der Waals surface area contributed by atoms with Crippen LogP contribution in [0.5, 0.6) is 17.2 Å². The number of hydrogen-bond donors (Lipinski definition) is 0. The highest BCUT2D eigenvalue weighted by atomic mass is 16.7. The van der Waals surface area contributed by atoms with Crippen molar-refractivity contribution in [1.82, 2.24) is 0 Å². The van der Waals surface area contributed by atoms with Gasteiger partial charge in [-0.3, -0.25) is 4.79 Å². The second-order valence-electron chi connectivity index (χ2n) is 6.81. The molecule has 0 radical (unpaired) electrons. The first-order valence-electron chi connectivity index (χ1n) is 8.79. The van der Waals surface area contributed by atoms with Gasteiger partial charge < -0.3 is 18.6 Å². The Kier molecular flexibility index (Phi) is 3.47. The van der Waals surface area contributed by atoms with Crippen LogP contribution >= 0.6 is 0 Å². The van der Waals surface area contributed by atoms with E-state index in [2.05, 4.69) is 0 Å². The molecule has 2 aliphatic rings. The van der Waals surface area contributed by atoms with E-state index in [0.29, 0.717) is 34.0 Å². The van der Waals surface area contributed by atoms with Crippen LogP contribution < -0.4 is 19.8 Å². The maximum atomic E-state index is 12.6. The molecule has 2 aromatic carbocycles. The molecule has 5 rings (SSSR count). The summed E-state index contributed by atoms with van der Waals surface area (Å²) in [6.45, 7) is 2.02. The van der Waals surface area contributed by atoms with Gasteiger partial charge in [0.2, 0.25) is 6.79 Å². The van der Waals surface area contributed by atoms with Crippen LogP contribution in [0.1, 0.15) is 18.4 Å². The van der Waals surface area contributed by atoms with Crippen molar-refractivity contribution in [3.63, 3.8) is 0 Å². The zero-order valence-corrected chi connectivity index (χ0v) is 14.6. The second kappa shape index (κ2) is 5.87. The molecule has 2 heterocycles. The Morgan fingerprint density at radius 2 is 1.89 bits per heavy atom. The quantitative estimate of drug-likeness (QED) is 0.400. The van der Waals surface area contributed by atoms with Crippen molar-refractivity contribution >= 4 is 16.9 Å². The van der Waals surface area contributed by atoms with Crippen molar-refractivity contribution in [2.24, 2.45) is 5.92 Å². The van der Waals surface area contributed by atoms with Gasteiger partial charge in [-0.1, -0.05) is 6.07 Å². The molecule has 0 unspecified atom stereocenters. The number of carbonyl (C=O) groups is 1. The summed E-state index contributed by atoms with van der Waals surface area (Å²) in [6.07, 6.45) is 1.77. The molecule has 1 aliphatic carbocycles. The van der Waals surface area contributed by atoms with Crippen LogP contribution in [0.25, 0.3) is 22.1 Å². The van der Waals surface area contributed by atoms with E-state index in [0.717, 1.165) is 23.8 Å². The number of ether oxygens (including phenoxy) is 3. The van der Waals surface area contributed by atoms with Gasteiger partial charge in [0.05, 0.1) is 11.5 Å². The minimum absolute atomic E-state index is 0.0136. The molecule has 0 amide bonds. The first-order valence-corrected chi connectivity index (χ1v) is 8.79. The monoisotopic (exact) mass is 364 g/mol. The molecule has 0 bridgehead atoms. The first kappa shape index (κ1) is 15.9. The molecule has 27 heavy (non-hydrogen) atoms. The fourth-order valence-electron chi connectivity index (χ4n) is 3.30. The fraction of sp³-hybridized carbons (Fsp3) is 0.238. The summed E-state index contributed by atoms with van der Waals surface area (Å²) in [4.78, 5) is 24.5. The first-order chi connectivity index (χ1) is 13.1. The van der Waals surface area contributed by atoms with Crippen LogP contribution in [-0.4, -0.2) is 12.8 Å². The molecule has 0 atom stereocenters. The van der Waals surface area contributed by atoms with Crippen molar-refractivity contribution in [1.29, 1.82) is 0 Å². The number of aryl methyl sites for hydroxylation is 1. The Labute approximate surface area is 154 Å². The van der Waals surface area contributed by atoms with Gasteiger partial charge in [0.1, 0.15) is 11.3 Å². The zero-order chi connectivity index (χ0) is 18.5. The van der Waals surface area contributed by atoms with Gasteiger partial charge in [-0.15, -0.1) is 0 Å². The van der Waals surface area contributed by atoms with Crippen molar-refractivity contribution in [2.75, 3.05) is 6.79 Å². The van der Waals surface area contributed by atoms with Crippen LogP contribution in [0.4, 0.5) is 0 Å². The molecule has 0 saturated heterocycles. The summed E-state index contributed by atoms with van der Waals surface area (Å²) < 4.78 is 21.7. The summed E-state index contributed by atoms with van der Waals surface area (Å²) in [5.74, 6) is 1.50. The van der Waals surface area contributed by atoms with Crippen LogP contribution in [0.2, 0.25) is 0 Å². The minimum Gasteiger partial charge on any atom is -0.454 e. The summed E-state index contributed by atoms with van der Waals surface area (Å²) in [5, 5.41) is 0.725. The standard InChI is InChI=1S/C21H16O6/c1-11-15-9-14(26-20(22)12-2-3-12)5-7-16(15)27-21(23)19(11)13-4-6-17-18(8-13)25-10-24-17/h4-9,12H,2-3,10H2,1H3. The number of benzene rings is 2. The summed E-state index contributed by atoms with van der Waals surface area (Å²) >= 11 is 0. The summed E-state index contributed by atoms with van der Waals surface area (Å²) in [5.41, 5.74) is 1.92. The molecule has 136 valence electrons. The summed E-state index contributed by atoms with van der Waals surface area (Å²) in [6, 6.07) is 10.4. The predicted octanol–water partition coefficient (Wildman–Crippen LogP) is 3.81. The van der Waals surface area contributed by atoms with Gasteiger partial charge in [0.25, 0.3) is 0 Å². The molecular weight excluding hydrogens is 348 g/mol. The zero-order valence-electron chi connectivity index (χ0n) is 14.6. The van der Waals surface area contributed by atoms with Crippen LogP contribution in [-0.2, 0) is 4.79 Å². The third kappa shape index (κ3) is 2.73. The minimum atomic E-state index is -0.429. The number of esters is 1. The van der Waals surface area contributed by atoms with E-state index in [9.17, 15) is 9.59 Å². The Bertz CT molecular complexity index is 1140. The molecule has 6 heteroatoms. The van der Waals surface area contributed by atoms with Crippen molar-refractivity contribution in [3.8, 4) is 28.4 Å². The largest absolute Gasteiger partial charge is 0.454 e. The SMILES string of the molecule is Cc1c(-c2ccc3c(c2)OCO3)c(=O)oc2ccc(OC(=O)C3CC3)cc12. The molecule has 3 aromatic rings. The van der Waals surface area contributed by atoms with Gasteiger partial charge in [0, 0.05) is 5.39 Å². The van der Waals surface area contributed by atoms with Crippen LogP contribution in [0.3, 0.4) is 0 Å². The van der Waals surface area contributed by atoms with Crippen molar-refractivity contribution in [2.45, 2.75) is 19.8 Å². The average Bonchev–Trinajstić information content (AvgIpc) is 3.40. The van der Waals surface area contributed by atoms with E-state index >= 15 is 0 Å². The van der Waals surface area contributed by atoms with Crippen molar-refractivity contribution in [3.05, 3.63) is 52.4 Å². The smallest absolute Gasteiger partial charge is 0.344 e. The van der Waals surface area contributed by atoms with Gasteiger partial charge >= 0.3 is 11.6 Å². The summed E-state index contributed by atoms with van der Waals surface area (Å²) in [7, 11) is 0. The Balaban J connectivity index is 1.61. The maximum Gasteiger partial charge on any atom is 0.344 e. The third-order valence-electron chi connectivity index (χ3n) is 4.93.